The van der Waals surface area contributed by atoms with Gasteiger partial charge in [0.05, 0.1) is 5.52 Å². The van der Waals surface area contributed by atoms with Crippen LogP contribution >= 0.6 is 39.2 Å². The lowest BCUT2D eigenvalue weighted by molar-refractivity contribution is 1.10. The Labute approximate surface area is 126 Å². The highest BCUT2D eigenvalue weighted by Crippen LogP contribution is 2.36. The summed E-state index contributed by atoms with van der Waals surface area (Å²) in [7, 11) is 0. The maximum Gasteiger partial charge on any atom is 0.174 e. The minimum atomic E-state index is 0.724. The topological polar surface area (TPSA) is 64.7 Å². The van der Waals surface area contributed by atoms with Gasteiger partial charge in [-0.15, -0.1) is 0 Å². The van der Waals surface area contributed by atoms with E-state index in [4.69, 9.17) is 5.73 Å². The van der Waals surface area contributed by atoms with Gasteiger partial charge in [0.25, 0.3) is 0 Å². The first-order chi connectivity index (χ1) is 9.13. The fraction of sp³-hybridized carbons (Fsp3) is 0.0833. The molecule has 1 aromatic carbocycles. The van der Waals surface area contributed by atoms with Crippen LogP contribution in [0.2, 0.25) is 0 Å². The second-order valence-corrected chi connectivity index (χ2v) is 6.87. The number of pyridine rings is 1. The van der Waals surface area contributed by atoms with Crippen molar-refractivity contribution in [3.05, 3.63) is 34.7 Å². The third-order valence-corrected chi connectivity index (χ3v) is 4.84. The fourth-order valence-corrected chi connectivity index (χ4v) is 3.73. The van der Waals surface area contributed by atoms with Crippen LogP contribution in [0.15, 0.2) is 38.1 Å². The Morgan fingerprint density at radius 1 is 1.37 bits per heavy atom. The van der Waals surface area contributed by atoms with Gasteiger partial charge in [0.15, 0.2) is 4.34 Å². The molecule has 0 aliphatic heterocycles. The summed E-state index contributed by atoms with van der Waals surface area (Å²) in [4.78, 5) is 9.84. The summed E-state index contributed by atoms with van der Waals surface area (Å²) in [5.74, 6) is 0.794. The molecule has 0 fully saturated rings. The third-order valence-electron chi connectivity index (χ3n) is 2.52. The number of halogens is 1. The molecule has 0 spiro atoms. The van der Waals surface area contributed by atoms with E-state index in [9.17, 15) is 0 Å². The number of aryl methyl sites for hydroxylation is 1. The van der Waals surface area contributed by atoms with Gasteiger partial charge < -0.3 is 5.73 Å². The highest BCUT2D eigenvalue weighted by Gasteiger charge is 2.10. The second-order valence-electron chi connectivity index (χ2n) is 3.91. The molecule has 0 saturated heterocycles. The summed E-state index contributed by atoms with van der Waals surface area (Å²) >= 11 is 6.37. The van der Waals surface area contributed by atoms with Gasteiger partial charge >= 0.3 is 0 Å². The Kier molecular flexibility index (Phi) is 3.42. The van der Waals surface area contributed by atoms with Gasteiger partial charge in [-0.1, -0.05) is 11.8 Å². The number of nitrogens with zero attached hydrogens (tertiary/aromatic N) is 3. The molecule has 0 aliphatic rings. The Hall–Kier alpha value is -1.18. The summed E-state index contributed by atoms with van der Waals surface area (Å²) in [5.41, 5.74) is 7.61. The van der Waals surface area contributed by atoms with Gasteiger partial charge in [-0.05, 0) is 52.6 Å². The minimum absolute atomic E-state index is 0.724. The lowest BCUT2D eigenvalue weighted by Gasteiger charge is -2.06. The van der Waals surface area contributed by atoms with Crippen LogP contribution < -0.4 is 5.73 Å². The predicted molar refractivity (Wildman–Crippen MR) is 82.6 cm³/mol. The molecule has 4 nitrogen and oxygen atoms in total. The van der Waals surface area contributed by atoms with Gasteiger partial charge in [0, 0.05) is 26.6 Å². The van der Waals surface area contributed by atoms with Gasteiger partial charge in [0.1, 0.15) is 5.82 Å². The summed E-state index contributed by atoms with van der Waals surface area (Å²) in [5, 5.41) is 0.945. The molecule has 2 N–H and O–H groups in total. The first kappa shape index (κ1) is 12.8. The van der Waals surface area contributed by atoms with Gasteiger partial charge in [-0.25, -0.2) is 4.98 Å². The van der Waals surface area contributed by atoms with Crippen molar-refractivity contribution in [2.75, 3.05) is 5.73 Å². The molecule has 0 bridgehead atoms. The van der Waals surface area contributed by atoms with E-state index in [1.54, 1.807) is 18.0 Å². The molecule has 0 radical (unpaired) electrons. The smallest absolute Gasteiger partial charge is 0.174 e. The van der Waals surface area contributed by atoms with E-state index >= 15 is 0 Å². The third kappa shape index (κ3) is 2.58. The quantitative estimate of drug-likeness (QED) is 0.708. The van der Waals surface area contributed by atoms with Gasteiger partial charge in [-0.2, -0.15) is 4.37 Å². The Balaban J connectivity index is 2.11. The maximum atomic E-state index is 6.00. The zero-order chi connectivity index (χ0) is 13.4. The first-order valence-corrected chi connectivity index (χ1v) is 7.83. The molecule has 19 heavy (non-hydrogen) atoms. The Morgan fingerprint density at radius 2 is 2.21 bits per heavy atom. The molecule has 0 unspecified atom stereocenters. The molecule has 2 heterocycles. The van der Waals surface area contributed by atoms with Crippen molar-refractivity contribution < 1.29 is 0 Å². The van der Waals surface area contributed by atoms with E-state index in [1.165, 1.54) is 11.5 Å². The minimum Gasteiger partial charge on any atom is -0.398 e. The number of benzene rings is 1. The number of hydrogen-bond donors (Lipinski definition) is 1. The van der Waals surface area contributed by atoms with E-state index < -0.39 is 0 Å². The molecule has 0 atom stereocenters. The van der Waals surface area contributed by atoms with Crippen molar-refractivity contribution in [2.24, 2.45) is 0 Å². The number of nitrogen functional groups attached to an aromatic ring is 1. The van der Waals surface area contributed by atoms with E-state index in [2.05, 4.69) is 30.3 Å². The van der Waals surface area contributed by atoms with Crippen LogP contribution in [0.5, 0.6) is 0 Å². The molecule has 3 aromatic rings. The standard InChI is InChI=1S/C12H9BrN4S2/c1-6-16-12(19-17-6)18-10-3-2-9(14)8-4-7(13)5-15-11(8)10/h2-5H,14H2,1H3. The molecule has 3 rings (SSSR count). The number of nitrogens with two attached hydrogens (primary N) is 1. The van der Waals surface area contributed by atoms with Crippen LogP contribution in [0.1, 0.15) is 5.82 Å². The van der Waals surface area contributed by atoms with Crippen LogP contribution in [-0.2, 0) is 0 Å². The molecular formula is C12H9BrN4S2. The van der Waals surface area contributed by atoms with E-state index in [0.717, 1.165) is 36.1 Å². The fourth-order valence-electron chi connectivity index (χ4n) is 1.69. The molecule has 96 valence electrons. The molecule has 0 aliphatic carbocycles. The second kappa shape index (κ2) is 5.07. The van der Waals surface area contributed by atoms with Crippen molar-refractivity contribution in [3.63, 3.8) is 0 Å². The molecule has 2 aromatic heterocycles. The van der Waals surface area contributed by atoms with Crippen LogP contribution in [0.4, 0.5) is 5.69 Å². The largest absolute Gasteiger partial charge is 0.398 e. The average molecular weight is 353 g/mol. The number of aromatic nitrogens is 3. The molecule has 7 heteroatoms. The summed E-state index contributed by atoms with van der Waals surface area (Å²) in [6, 6.07) is 5.85. The van der Waals surface area contributed by atoms with Crippen LogP contribution in [-0.4, -0.2) is 14.3 Å². The maximum absolute atomic E-state index is 6.00. The van der Waals surface area contributed by atoms with E-state index in [0.29, 0.717) is 0 Å². The SMILES string of the molecule is Cc1nsc(Sc2ccc(N)c3cc(Br)cnc23)n1. The molecule has 0 amide bonds. The van der Waals surface area contributed by atoms with Crippen molar-refractivity contribution in [1.82, 2.24) is 14.3 Å². The molecule has 0 saturated carbocycles. The normalized spacial score (nSPS) is 11.1. The Bertz CT molecular complexity index is 757. The van der Waals surface area contributed by atoms with E-state index in [1.807, 2.05) is 25.1 Å². The first-order valence-electron chi connectivity index (χ1n) is 5.45. The van der Waals surface area contributed by atoms with Crippen molar-refractivity contribution in [1.29, 1.82) is 0 Å². The number of fused-ring (bicyclic) bond motifs is 1. The summed E-state index contributed by atoms with van der Waals surface area (Å²) in [6.45, 7) is 1.89. The number of anilines is 1. The average Bonchev–Trinajstić information content (AvgIpc) is 2.79. The van der Waals surface area contributed by atoms with Crippen LogP contribution in [0.3, 0.4) is 0 Å². The van der Waals surface area contributed by atoms with Gasteiger partial charge in [-0.3, -0.25) is 4.98 Å². The zero-order valence-corrected chi connectivity index (χ0v) is 13.1. The van der Waals surface area contributed by atoms with Crippen molar-refractivity contribution in [3.8, 4) is 0 Å². The lowest BCUT2D eigenvalue weighted by atomic mass is 10.2. The number of rotatable bonds is 2. The summed E-state index contributed by atoms with van der Waals surface area (Å²) < 4.78 is 6.01. The van der Waals surface area contributed by atoms with Crippen molar-refractivity contribution in [2.45, 2.75) is 16.2 Å². The highest BCUT2D eigenvalue weighted by molar-refractivity contribution is 9.10. The predicted octanol–water partition coefficient (Wildman–Crippen LogP) is 3.89. The van der Waals surface area contributed by atoms with Crippen LogP contribution in [0, 0.1) is 6.92 Å². The lowest BCUT2D eigenvalue weighted by Crippen LogP contribution is -1.90. The monoisotopic (exact) mass is 352 g/mol. The van der Waals surface area contributed by atoms with Crippen LogP contribution in [0.25, 0.3) is 10.9 Å². The Morgan fingerprint density at radius 3 is 2.95 bits per heavy atom. The zero-order valence-electron chi connectivity index (χ0n) is 9.92. The van der Waals surface area contributed by atoms with Crippen molar-refractivity contribution >= 4 is 55.8 Å². The summed E-state index contributed by atoms with van der Waals surface area (Å²) in [6.07, 6.45) is 1.77. The highest BCUT2D eigenvalue weighted by atomic mass is 79.9. The molecular weight excluding hydrogens is 344 g/mol. The number of hydrogen-bond acceptors (Lipinski definition) is 6. The van der Waals surface area contributed by atoms with Gasteiger partial charge in [0.2, 0.25) is 0 Å². The van der Waals surface area contributed by atoms with E-state index in [-0.39, 0.29) is 0 Å².